The van der Waals surface area contributed by atoms with Gasteiger partial charge in [0.05, 0.1) is 0 Å². The first-order chi connectivity index (χ1) is 9.76. The molecule has 1 aromatic carbocycles. The normalized spacial score (nSPS) is 13.4. The van der Waals surface area contributed by atoms with Crippen LogP contribution in [-0.2, 0) is 6.54 Å². The average molecular weight is 305 g/mol. The van der Waals surface area contributed by atoms with Gasteiger partial charge in [0.15, 0.2) is 0 Å². The fourth-order valence-electron chi connectivity index (χ4n) is 2.01. The summed E-state index contributed by atoms with van der Waals surface area (Å²) in [7, 11) is 0. The van der Waals surface area contributed by atoms with Gasteiger partial charge >= 0.3 is 0 Å². The quantitative estimate of drug-likeness (QED) is 0.909. The minimum atomic E-state index is -0.219. The molecule has 21 heavy (non-hydrogen) atoms. The predicted molar refractivity (Wildman–Crippen MR) is 83.5 cm³/mol. The topological polar surface area (TPSA) is 80.9 Å². The molecule has 2 aromatic rings. The Bertz CT molecular complexity index is 643. The number of amides is 1. The van der Waals surface area contributed by atoms with Crippen molar-refractivity contribution in [2.24, 2.45) is 5.73 Å². The second-order valence-corrected chi connectivity index (χ2v) is 4.93. The van der Waals surface area contributed by atoms with Crippen molar-refractivity contribution in [2.45, 2.75) is 25.3 Å². The molecule has 0 unspecified atom stereocenters. The van der Waals surface area contributed by atoms with Gasteiger partial charge in [0.2, 0.25) is 0 Å². The Morgan fingerprint density at radius 2 is 2.14 bits per heavy atom. The van der Waals surface area contributed by atoms with Crippen LogP contribution in [0.4, 0.5) is 5.69 Å². The van der Waals surface area contributed by atoms with Crippen molar-refractivity contribution in [1.82, 2.24) is 9.97 Å². The molecule has 0 spiro atoms. The third kappa shape index (κ3) is 3.77. The molecule has 5 nitrogen and oxygen atoms in total. The lowest BCUT2D eigenvalue weighted by Gasteiger charge is -2.07. The first-order valence-electron chi connectivity index (χ1n) is 6.69. The standard InChI is InChI=1S/C15H16N4O.ClH/c16-9-10-2-1-3-12(8-10)18-15(20)13-6-7-17-14(19-13)11-4-5-11;/h1-3,6-8,11H,4-5,9,16H2,(H,18,20);1H. The van der Waals surface area contributed by atoms with Crippen LogP contribution >= 0.6 is 12.4 Å². The number of hydrogen-bond acceptors (Lipinski definition) is 4. The minimum Gasteiger partial charge on any atom is -0.326 e. The van der Waals surface area contributed by atoms with Gasteiger partial charge in [0, 0.05) is 24.3 Å². The molecule has 0 radical (unpaired) electrons. The Labute approximate surface area is 129 Å². The highest BCUT2D eigenvalue weighted by molar-refractivity contribution is 6.02. The summed E-state index contributed by atoms with van der Waals surface area (Å²) in [5, 5.41) is 2.83. The highest BCUT2D eigenvalue weighted by Crippen LogP contribution is 2.37. The molecule has 1 amide bonds. The van der Waals surface area contributed by atoms with Crippen LogP contribution in [0.25, 0.3) is 0 Å². The summed E-state index contributed by atoms with van der Waals surface area (Å²) < 4.78 is 0. The van der Waals surface area contributed by atoms with Crippen molar-refractivity contribution in [3.05, 3.63) is 53.6 Å². The fourth-order valence-corrected chi connectivity index (χ4v) is 2.01. The van der Waals surface area contributed by atoms with E-state index >= 15 is 0 Å². The Morgan fingerprint density at radius 3 is 2.86 bits per heavy atom. The Morgan fingerprint density at radius 1 is 1.33 bits per heavy atom. The molecule has 1 heterocycles. The van der Waals surface area contributed by atoms with Crippen LogP contribution in [0, 0.1) is 0 Å². The third-order valence-corrected chi connectivity index (χ3v) is 3.27. The number of nitrogens with zero attached hydrogens (tertiary/aromatic N) is 2. The van der Waals surface area contributed by atoms with E-state index in [1.165, 1.54) is 0 Å². The van der Waals surface area contributed by atoms with Crippen LogP contribution in [0.15, 0.2) is 36.5 Å². The van der Waals surface area contributed by atoms with Gasteiger partial charge in [-0.2, -0.15) is 0 Å². The number of anilines is 1. The van der Waals surface area contributed by atoms with Crippen molar-refractivity contribution < 1.29 is 4.79 Å². The van der Waals surface area contributed by atoms with Crippen molar-refractivity contribution in [1.29, 1.82) is 0 Å². The molecule has 3 N–H and O–H groups in total. The second-order valence-electron chi connectivity index (χ2n) is 4.93. The van der Waals surface area contributed by atoms with Crippen molar-refractivity contribution in [3.63, 3.8) is 0 Å². The van der Waals surface area contributed by atoms with E-state index in [4.69, 9.17) is 5.73 Å². The van der Waals surface area contributed by atoms with Gasteiger partial charge in [-0.05, 0) is 36.6 Å². The number of rotatable bonds is 4. The minimum absolute atomic E-state index is 0. The summed E-state index contributed by atoms with van der Waals surface area (Å²) in [5.74, 6) is 0.986. The lowest BCUT2D eigenvalue weighted by Crippen LogP contribution is -2.15. The summed E-state index contributed by atoms with van der Waals surface area (Å²) in [6, 6.07) is 9.12. The van der Waals surface area contributed by atoms with Gasteiger partial charge in [-0.1, -0.05) is 12.1 Å². The van der Waals surface area contributed by atoms with Crippen LogP contribution < -0.4 is 11.1 Å². The number of benzene rings is 1. The van der Waals surface area contributed by atoms with Gasteiger partial charge in [-0.3, -0.25) is 4.79 Å². The molecule has 3 rings (SSSR count). The largest absolute Gasteiger partial charge is 0.326 e. The van der Waals surface area contributed by atoms with Crippen LogP contribution in [0.1, 0.15) is 40.6 Å². The van der Waals surface area contributed by atoms with Crippen LogP contribution in [0.5, 0.6) is 0 Å². The summed E-state index contributed by atoms with van der Waals surface area (Å²) >= 11 is 0. The molecule has 1 saturated carbocycles. The molecule has 1 fully saturated rings. The molecule has 1 aliphatic rings. The van der Waals surface area contributed by atoms with Crippen LogP contribution in [-0.4, -0.2) is 15.9 Å². The predicted octanol–water partition coefficient (Wildman–Crippen LogP) is 2.49. The van der Waals surface area contributed by atoms with Gasteiger partial charge in [-0.25, -0.2) is 9.97 Å². The van der Waals surface area contributed by atoms with Gasteiger partial charge < -0.3 is 11.1 Å². The zero-order valence-electron chi connectivity index (χ0n) is 11.5. The molecular formula is C15H17ClN4O. The molecule has 1 aliphatic carbocycles. The summed E-state index contributed by atoms with van der Waals surface area (Å²) in [5.41, 5.74) is 7.69. The number of nitrogens with one attached hydrogen (secondary N) is 1. The van der Waals surface area contributed by atoms with Gasteiger partial charge in [-0.15, -0.1) is 12.4 Å². The Kier molecular flexibility index (Phi) is 4.88. The van der Waals surface area contributed by atoms with E-state index in [1.807, 2.05) is 24.3 Å². The van der Waals surface area contributed by atoms with Crippen LogP contribution in [0.3, 0.4) is 0 Å². The maximum absolute atomic E-state index is 12.2. The summed E-state index contributed by atoms with van der Waals surface area (Å²) in [6.45, 7) is 0.447. The second kappa shape index (κ2) is 6.65. The summed E-state index contributed by atoms with van der Waals surface area (Å²) in [6.07, 6.45) is 3.87. The fraction of sp³-hybridized carbons (Fsp3) is 0.267. The maximum Gasteiger partial charge on any atom is 0.274 e. The lowest BCUT2D eigenvalue weighted by atomic mass is 10.2. The van der Waals surface area contributed by atoms with Crippen molar-refractivity contribution in [2.75, 3.05) is 5.32 Å². The zero-order chi connectivity index (χ0) is 13.9. The molecular weight excluding hydrogens is 288 g/mol. The summed E-state index contributed by atoms with van der Waals surface area (Å²) in [4.78, 5) is 20.7. The third-order valence-electron chi connectivity index (χ3n) is 3.27. The van der Waals surface area contributed by atoms with Crippen LogP contribution in [0.2, 0.25) is 0 Å². The average Bonchev–Trinajstić information content (AvgIpc) is 3.32. The monoisotopic (exact) mass is 304 g/mol. The number of aromatic nitrogens is 2. The molecule has 0 bridgehead atoms. The number of carbonyl (C=O) groups excluding carboxylic acids is 1. The van der Waals surface area contributed by atoms with E-state index in [0.29, 0.717) is 18.2 Å². The molecule has 6 heteroatoms. The number of halogens is 1. The molecule has 0 saturated heterocycles. The Balaban J connectivity index is 0.00000161. The molecule has 0 atom stereocenters. The van der Waals surface area contributed by atoms with Gasteiger partial charge in [0.1, 0.15) is 11.5 Å². The van der Waals surface area contributed by atoms with Gasteiger partial charge in [0.25, 0.3) is 5.91 Å². The number of nitrogens with two attached hydrogens (primary N) is 1. The first-order valence-corrected chi connectivity index (χ1v) is 6.69. The van der Waals surface area contributed by atoms with E-state index < -0.39 is 0 Å². The van der Waals surface area contributed by atoms with E-state index in [0.717, 1.165) is 29.9 Å². The SMILES string of the molecule is Cl.NCc1cccc(NC(=O)c2ccnc(C3CC3)n2)c1. The van der Waals surface area contributed by atoms with Crippen molar-refractivity contribution in [3.8, 4) is 0 Å². The van der Waals surface area contributed by atoms with E-state index in [1.54, 1.807) is 12.3 Å². The first kappa shape index (κ1) is 15.4. The van der Waals surface area contributed by atoms with E-state index in [-0.39, 0.29) is 18.3 Å². The van der Waals surface area contributed by atoms with E-state index in [9.17, 15) is 4.79 Å². The maximum atomic E-state index is 12.2. The Hall–Kier alpha value is -1.98. The van der Waals surface area contributed by atoms with Crippen molar-refractivity contribution >= 4 is 24.0 Å². The van der Waals surface area contributed by atoms with E-state index in [2.05, 4.69) is 15.3 Å². The highest BCUT2D eigenvalue weighted by atomic mass is 35.5. The lowest BCUT2D eigenvalue weighted by molar-refractivity contribution is 0.102. The zero-order valence-corrected chi connectivity index (χ0v) is 12.3. The molecule has 1 aromatic heterocycles. The molecule has 110 valence electrons. The highest BCUT2D eigenvalue weighted by Gasteiger charge is 2.27. The molecule has 0 aliphatic heterocycles. The number of carbonyl (C=O) groups is 1. The number of hydrogen-bond donors (Lipinski definition) is 2. The smallest absolute Gasteiger partial charge is 0.274 e.